The third-order valence-corrected chi connectivity index (χ3v) is 4.43. The number of rotatable bonds is 5. The zero-order chi connectivity index (χ0) is 17.0. The van der Waals surface area contributed by atoms with E-state index >= 15 is 0 Å². The number of carbonyl (C=O) groups excluding carboxylic acids is 1. The van der Waals surface area contributed by atoms with Crippen LogP contribution in [0, 0.1) is 13.8 Å². The highest BCUT2D eigenvalue weighted by Crippen LogP contribution is 2.22. The van der Waals surface area contributed by atoms with E-state index < -0.39 is 0 Å². The molecular formula is C17H21BrN4O. The van der Waals surface area contributed by atoms with E-state index in [0.717, 1.165) is 21.4 Å². The third kappa shape index (κ3) is 4.28. The molecule has 1 amide bonds. The van der Waals surface area contributed by atoms with Gasteiger partial charge in [0.25, 0.3) is 5.91 Å². The van der Waals surface area contributed by atoms with Crippen LogP contribution in [0.1, 0.15) is 35.6 Å². The molecule has 1 aromatic heterocycles. The van der Waals surface area contributed by atoms with Crippen LogP contribution in [0.25, 0.3) is 0 Å². The fourth-order valence-corrected chi connectivity index (χ4v) is 2.51. The highest BCUT2D eigenvalue weighted by molar-refractivity contribution is 9.10. The van der Waals surface area contributed by atoms with Gasteiger partial charge in [-0.05, 0) is 57.5 Å². The molecule has 0 saturated carbocycles. The Morgan fingerprint density at radius 3 is 2.48 bits per heavy atom. The fourth-order valence-electron chi connectivity index (χ4n) is 2.26. The molecular weight excluding hydrogens is 356 g/mol. The zero-order valence-corrected chi connectivity index (χ0v) is 15.4. The second-order valence-electron chi connectivity index (χ2n) is 5.28. The summed E-state index contributed by atoms with van der Waals surface area (Å²) in [6.45, 7) is 9.11. The minimum absolute atomic E-state index is 0.0736. The van der Waals surface area contributed by atoms with Gasteiger partial charge in [-0.3, -0.25) is 4.79 Å². The highest BCUT2D eigenvalue weighted by atomic mass is 79.9. The Morgan fingerprint density at radius 2 is 1.87 bits per heavy atom. The molecule has 2 aromatic rings. The Balaban J connectivity index is 2.29. The second kappa shape index (κ2) is 7.55. The Hall–Kier alpha value is -1.95. The highest BCUT2D eigenvalue weighted by Gasteiger charge is 2.16. The fraction of sp³-hybridized carbons (Fsp3) is 0.353. The van der Waals surface area contributed by atoms with Crippen molar-refractivity contribution in [3.05, 3.63) is 45.7 Å². The minimum atomic E-state index is -0.0736. The summed E-state index contributed by atoms with van der Waals surface area (Å²) in [5.74, 6) is 0.359. The molecule has 23 heavy (non-hydrogen) atoms. The van der Waals surface area contributed by atoms with Crippen LogP contribution in [0.3, 0.4) is 0 Å². The number of nitrogens with one attached hydrogen (secondary N) is 1. The molecule has 0 spiro atoms. The summed E-state index contributed by atoms with van der Waals surface area (Å²) in [6, 6.07) is 7.63. The Morgan fingerprint density at radius 1 is 1.17 bits per heavy atom. The number of anilines is 2. The third-order valence-electron chi connectivity index (χ3n) is 3.54. The minimum Gasteiger partial charge on any atom is -0.338 e. The van der Waals surface area contributed by atoms with Crippen molar-refractivity contribution in [2.45, 2.75) is 27.7 Å². The molecule has 0 aliphatic carbocycles. The van der Waals surface area contributed by atoms with Gasteiger partial charge in [0.15, 0.2) is 0 Å². The molecule has 0 bridgehead atoms. The van der Waals surface area contributed by atoms with Crippen LogP contribution in [-0.2, 0) is 0 Å². The molecule has 0 unspecified atom stereocenters. The second-order valence-corrected chi connectivity index (χ2v) is 6.14. The van der Waals surface area contributed by atoms with Crippen molar-refractivity contribution in [1.82, 2.24) is 14.9 Å². The largest absolute Gasteiger partial charge is 0.338 e. The number of hydrogen-bond acceptors (Lipinski definition) is 4. The number of benzene rings is 1. The summed E-state index contributed by atoms with van der Waals surface area (Å²) in [4.78, 5) is 23.0. The normalized spacial score (nSPS) is 10.5. The summed E-state index contributed by atoms with van der Waals surface area (Å²) in [6.07, 6.45) is 0. The Kier molecular flexibility index (Phi) is 5.71. The molecule has 0 saturated heterocycles. The van der Waals surface area contributed by atoms with Crippen LogP contribution in [0.4, 0.5) is 11.6 Å². The zero-order valence-electron chi connectivity index (χ0n) is 13.9. The van der Waals surface area contributed by atoms with Gasteiger partial charge in [-0.1, -0.05) is 15.9 Å². The number of aryl methyl sites for hydroxylation is 2. The Bertz CT molecular complexity index is 714. The van der Waals surface area contributed by atoms with Crippen molar-refractivity contribution >= 4 is 33.5 Å². The van der Waals surface area contributed by atoms with Gasteiger partial charge < -0.3 is 10.2 Å². The molecule has 1 N–H and O–H groups in total. The van der Waals surface area contributed by atoms with Crippen LogP contribution < -0.4 is 5.32 Å². The van der Waals surface area contributed by atoms with Gasteiger partial charge in [0.2, 0.25) is 5.95 Å². The number of hydrogen-bond donors (Lipinski definition) is 1. The lowest BCUT2D eigenvalue weighted by Gasteiger charge is -2.18. The summed E-state index contributed by atoms with van der Waals surface area (Å²) in [7, 11) is 0. The molecule has 2 rings (SSSR count). The van der Waals surface area contributed by atoms with Crippen LogP contribution in [0.2, 0.25) is 0 Å². The lowest BCUT2D eigenvalue weighted by Crippen LogP contribution is -2.31. The quantitative estimate of drug-likeness (QED) is 0.853. The monoisotopic (exact) mass is 376 g/mol. The van der Waals surface area contributed by atoms with Crippen molar-refractivity contribution in [3.8, 4) is 0 Å². The van der Waals surface area contributed by atoms with E-state index in [1.807, 2.05) is 45.9 Å². The summed E-state index contributed by atoms with van der Waals surface area (Å²) in [5.41, 5.74) is 3.17. The Labute approximate surface area is 145 Å². The smallest absolute Gasteiger partial charge is 0.272 e. The standard InChI is InChI=1S/C17H21BrN4O/c1-5-22(6-2)16(23)15-10-12(4)19-17(21-15)20-13-7-8-14(18)11(3)9-13/h7-10H,5-6H2,1-4H3,(H,19,20,21). The molecule has 1 heterocycles. The van der Waals surface area contributed by atoms with Gasteiger partial charge in [0.05, 0.1) is 0 Å². The van der Waals surface area contributed by atoms with Gasteiger partial charge in [-0.15, -0.1) is 0 Å². The number of nitrogens with zero attached hydrogens (tertiary/aromatic N) is 3. The first-order chi connectivity index (χ1) is 10.9. The van der Waals surface area contributed by atoms with Gasteiger partial charge in [0, 0.05) is 28.9 Å². The van der Waals surface area contributed by atoms with Crippen molar-refractivity contribution in [1.29, 1.82) is 0 Å². The number of carbonyl (C=O) groups is 1. The molecule has 0 radical (unpaired) electrons. The van der Waals surface area contributed by atoms with E-state index in [1.54, 1.807) is 11.0 Å². The van der Waals surface area contributed by atoms with E-state index in [1.165, 1.54) is 0 Å². The lowest BCUT2D eigenvalue weighted by molar-refractivity contribution is 0.0767. The van der Waals surface area contributed by atoms with Crippen molar-refractivity contribution < 1.29 is 4.79 Å². The van der Waals surface area contributed by atoms with Gasteiger partial charge in [0.1, 0.15) is 5.69 Å². The van der Waals surface area contributed by atoms with E-state index in [4.69, 9.17) is 0 Å². The number of aromatic nitrogens is 2. The van der Waals surface area contributed by atoms with Crippen molar-refractivity contribution in [2.75, 3.05) is 18.4 Å². The first-order valence-corrected chi connectivity index (χ1v) is 8.42. The maximum atomic E-state index is 12.5. The molecule has 6 heteroatoms. The van der Waals surface area contributed by atoms with E-state index in [-0.39, 0.29) is 5.91 Å². The first-order valence-electron chi connectivity index (χ1n) is 7.62. The van der Waals surface area contributed by atoms with Crippen LogP contribution in [0.15, 0.2) is 28.7 Å². The molecule has 0 atom stereocenters. The van der Waals surface area contributed by atoms with Gasteiger partial charge >= 0.3 is 0 Å². The first kappa shape index (κ1) is 17.4. The van der Waals surface area contributed by atoms with Crippen LogP contribution >= 0.6 is 15.9 Å². The van der Waals surface area contributed by atoms with E-state index in [2.05, 4.69) is 31.2 Å². The summed E-state index contributed by atoms with van der Waals surface area (Å²) < 4.78 is 1.05. The maximum Gasteiger partial charge on any atom is 0.272 e. The molecule has 0 fully saturated rings. The average Bonchev–Trinajstić information content (AvgIpc) is 2.51. The van der Waals surface area contributed by atoms with Crippen molar-refractivity contribution in [3.63, 3.8) is 0 Å². The van der Waals surface area contributed by atoms with Gasteiger partial charge in [-0.2, -0.15) is 0 Å². The SMILES string of the molecule is CCN(CC)C(=O)c1cc(C)nc(Nc2ccc(Br)c(C)c2)n1. The van der Waals surface area contributed by atoms with Crippen molar-refractivity contribution in [2.24, 2.45) is 0 Å². The van der Waals surface area contributed by atoms with E-state index in [0.29, 0.717) is 24.7 Å². The lowest BCUT2D eigenvalue weighted by atomic mass is 10.2. The molecule has 0 aliphatic rings. The maximum absolute atomic E-state index is 12.5. The molecule has 5 nitrogen and oxygen atoms in total. The van der Waals surface area contributed by atoms with Crippen LogP contribution in [0.5, 0.6) is 0 Å². The predicted octanol–water partition coefficient (Wildman–Crippen LogP) is 4.08. The average molecular weight is 377 g/mol. The van der Waals surface area contributed by atoms with Gasteiger partial charge in [-0.25, -0.2) is 9.97 Å². The number of amides is 1. The van der Waals surface area contributed by atoms with Crippen LogP contribution in [-0.4, -0.2) is 33.9 Å². The molecule has 1 aromatic carbocycles. The number of halogens is 1. The molecule has 122 valence electrons. The van der Waals surface area contributed by atoms with E-state index in [9.17, 15) is 4.79 Å². The predicted molar refractivity (Wildman–Crippen MR) is 96.2 cm³/mol. The summed E-state index contributed by atoms with van der Waals surface area (Å²) in [5, 5.41) is 3.17. The molecule has 0 aliphatic heterocycles. The topological polar surface area (TPSA) is 58.1 Å². The summed E-state index contributed by atoms with van der Waals surface area (Å²) >= 11 is 3.48.